The number of hydrogen-bond donors (Lipinski definition) is 0. The minimum Gasteiger partial charge on any atom is -0.616 e. The lowest BCUT2D eigenvalue weighted by Gasteiger charge is -2.43. The second-order valence-corrected chi connectivity index (χ2v) is 10.0. The summed E-state index contributed by atoms with van der Waals surface area (Å²) in [6.07, 6.45) is 9.08. The second kappa shape index (κ2) is 8.66. The molecule has 1 spiro atoms. The molecule has 1 saturated carbocycles. The Balaban J connectivity index is 1.55. The Hall–Kier alpha value is -1.85. The van der Waals surface area contributed by atoms with Gasteiger partial charge in [0.05, 0.1) is 13.0 Å². The predicted octanol–water partition coefficient (Wildman–Crippen LogP) is 3.73. The Morgan fingerprint density at radius 1 is 1.11 bits per heavy atom. The standard InChI is InChI=1S/C23H28N2O2S/c26-22-17-23(11-5-4-8-21(23)16-19-6-2-1-3-7-19)28(27)15-14-25(22)18-20-9-12-24-13-10-20/h1-3,6-7,9-10,12-13,21H,4-5,8,11,14-18H2. The zero-order valence-corrected chi connectivity index (χ0v) is 17.1. The van der Waals surface area contributed by atoms with Gasteiger partial charge in [0, 0.05) is 24.9 Å². The predicted molar refractivity (Wildman–Crippen MR) is 112 cm³/mol. The van der Waals surface area contributed by atoms with Crippen molar-refractivity contribution in [2.75, 3.05) is 12.3 Å². The Bertz CT molecular complexity index is 786. The van der Waals surface area contributed by atoms with Gasteiger partial charge in [0.15, 0.2) is 0 Å². The zero-order valence-electron chi connectivity index (χ0n) is 16.3. The highest BCUT2D eigenvalue weighted by Crippen LogP contribution is 2.46. The molecule has 1 aliphatic heterocycles. The summed E-state index contributed by atoms with van der Waals surface area (Å²) < 4.78 is 13.1. The van der Waals surface area contributed by atoms with Gasteiger partial charge >= 0.3 is 0 Å². The molecule has 2 aromatic rings. The molecule has 1 amide bonds. The number of hydrogen-bond acceptors (Lipinski definition) is 3. The molecule has 0 N–H and O–H groups in total. The highest BCUT2D eigenvalue weighted by molar-refractivity contribution is 7.92. The first kappa shape index (κ1) is 19.5. The average molecular weight is 397 g/mol. The van der Waals surface area contributed by atoms with Crippen LogP contribution < -0.4 is 0 Å². The maximum Gasteiger partial charge on any atom is 0.228 e. The maximum atomic E-state index is 13.5. The van der Waals surface area contributed by atoms with Crippen LogP contribution in [-0.4, -0.2) is 37.4 Å². The molecule has 2 fully saturated rings. The van der Waals surface area contributed by atoms with E-state index in [9.17, 15) is 9.35 Å². The largest absolute Gasteiger partial charge is 0.616 e. The molecule has 3 unspecified atom stereocenters. The summed E-state index contributed by atoms with van der Waals surface area (Å²) in [5.74, 6) is 1.05. The van der Waals surface area contributed by atoms with Crippen LogP contribution in [0.2, 0.25) is 0 Å². The first-order valence-electron chi connectivity index (χ1n) is 10.3. The molecule has 28 heavy (non-hydrogen) atoms. The first-order valence-corrected chi connectivity index (χ1v) is 11.6. The van der Waals surface area contributed by atoms with Crippen LogP contribution in [0.4, 0.5) is 0 Å². The van der Waals surface area contributed by atoms with Gasteiger partial charge in [0.1, 0.15) is 10.5 Å². The van der Waals surface area contributed by atoms with E-state index in [1.807, 2.05) is 23.1 Å². The average Bonchev–Trinajstić information content (AvgIpc) is 2.84. The van der Waals surface area contributed by atoms with Gasteiger partial charge in [-0.05, 0) is 60.1 Å². The van der Waals surface area contributed by atoms with E-state index in [1.54, 1.807) is 12.4 Å². The lowest BCUT2D eigenvalue weighted by Crippen LogP contribution is -2.50. The lowest BCUT2D eigenvalue weighted by molar-refractivity contribution is -0.132. The SMILES string of the molecule is O=C1CC2(CCCCC2Cc2ccccc2)[S+]([O-])CCN1Cc1ccncc1. The van der Waals surface area contributed by atoms with E-state index in [-0.39, 0.29) is 10.7 Å². The van der Waals surface area contributed by atoms with Crippen molar-refractivity contribution in [2.24, 2.45) is 5.92 Å². The van der Waals surface area contributed by atoms with E-state index in [4.69, 9.17) is 0 Å². The van der Waals surface area contributed by atoms with Crippen LogP contribution in [0.1, 0.15) is 43.2 Å². The number of carbonyl (C=O) groups is 1. The Morgan fingerprint density at radius 2 is 1.89 bits per heavy atom. The van der Waals surface area contributed by atoms with E-state index in [1.165, 1.54) is 12.0 Å². The molecule has 0 radical (unpaired) electrons. The van der Waals surface area contributed by atoms with Crippen molar-refractivity contribution in [1.82, 2.24) is 9.88 Å². The molecule has 2 heterocycles. The number of carbonyl (C=O) groups excluding carboxylic acids is 1. The fraction of sp³-hybridized carbons (Fsp3) is 0.478. The number of amides is 1. The third-order valence-electron chi connectivity index (χ3n) is 6.40. The van der Waals surface area contributed by atoms with Gasteiger partial charge in [-0.2, -0.15) is 0 Å². The molecule has 3 atom stereocenters. The maximum absolute atomic E-state index is 13.5. The summed E-state index contributed by atoms with van der Waals surface area (Å²) >= 11 is -0.981. The van der Waals surface area contributed by atoms with Crippen molar-refractivity contribution < 1.29 is 9.35 Å². The van der Waals surface area contributed by atoms with E-state index in [2.05, 4.69) is 29.2 Å². The van der Waals surface area contributed by atoms with E-state index >= 15 is 0 Å². The summed E-state index contributed by atoms with van der Waals surface area (Å²) in [5.41, 5.74) is 2.37. The fourth-order valence-electron chi connectivity index (χ4n) is 4.85. The van der Waals surface area contributed by atoms with Crippen molar-refractivity contribution in [3.05, 3.63) is 66.0 Å². The summed E-state index contributed by atoms with van der Waals surface area (Å²) in [6, 6.07) is 14.4. The van der Waals surface area contributed by atoms with Crippen molar-refractivity contribution in [3.8, 4) is 0 Å². The molecule has 0 bridgehead atoms. The summed E-state index contributed by atoms with van der Waals surface area (Å²) in [5, 5.41) is 0. The topological polar surface area (TPSA) is 56.3 Å². The highest BCUT2D eigenvalue weighted by atomic mass is 32.2. The Morgan fingerprint density at radius 3 is 2.68 bits per heavy atom. The summed E-state index contributed by atoms with van der Waals surface area (Å²) in [4.78, 5) is 19.2. The van der Waals surface area contributed by atoms with E-state index < -0.39 is 11.2 Å². The number of pyridine rings is 1. The van der Waals surface area contributed by atoms with Crippen molar-refractivity contribution in [1.29, 1.82) is 0 Å². The van der Waals surface area contributed by atoms with Gasteiger partial charge in [-0.1, -0.05) is 36.8 Å². The first-order chi connectivity index (χ1) is 13.7. The monoisotopic (exact) mass is 396 g/mol. The molecule has 2 aliphatic rings. The van der Waals surface area contributed by atoms with Gasteiger partial charge in [0.2, 0.25) is 5.91 Å². The van der Waals surface area contributed by atoms with Gasteiger partial charge < -0.3 is 9.45 Å². The number of nitrogens with zero attached hydrogens (tertiary/aromatic N) is 2. The lowest BCUT2D eigenvalue weighted by atomic mass is 9.73. The van der Waals surface area contributed by atoms with Crippen molar-refractivity contribution >= 4 is 17.1 Å². The Kier molecular flexibility index (Phi) is 6.02. The zero-order chi connectivity index (χ0) is 19.4. The quantitative estimate of drug-likeness (QED) is 0.740. The summed E-state index contributed by atoms with van der Waals surface area (Å²) in [7, 11) is 0. The molecule has 1 saturated heterocycles. The van der Waals surface area contributed by atoms with Crippen LogP contribution in [0.5, 0.6) is 0 Å². The number of rotatable bonds is 4. The highest BCUT2D eigenvalue weighted by Gasteiger charge is 2.53. The third kappa shape index (κ3) is 4.11. The molecule has 4 nitrogen and oxygen atoms in total. The van der Waals surface area contributed by atoms with Crippen LogP contribution in [0, 0.1) is 5.92 Å². The van der Waals surface area contributed by atoms with Crippen LogP contribution in [0.15, 0.2) is 54.9 Å². The van der Waals surface area contributed by atoms with Gasteiger partial charge in [-0.15, -0.1) is 0 Å². The number of benzene rings is 1. The molecule has 4 rings (SSSR count). The molecule has 5 heteroatoms. The second-order valence-electron chi connectivity index (χ2n) is 8.09. The summed E-state index contributed by atoms with van der Waals surface area (Å²) in [6.45, 7) is 1.16. The Labute approximate surface area is 170 Å². The minimum absolute atomic E-state index is 0.155. The molecular formula is C23H28N2O2S. The molecule has 148 valence electrons. The van der Waals surface area contributed by atoms with Crippen LogP contribution in [0.3, 0.4) is 0 Å². The molecule has 1 aliphatic carbocycles. The molecule has 1 aromatic carbocycles. The van der Waals surface area contributed by atoms with E-state index in [0.29, 0.717) is 31.2 Å². The number of aromatic nitrogens is 1. The molecular weight excluding hydrogens is 368 g/mol. The molecule has 1 aromatic heterocycles. The minimum atomic E-state index is -0.981. The normalized spacial score (nSPS) is 28.3. The van der Waals surface area contributed by atoms with Gasteiger partial charge in [-0.25, -0.2) is 0 Å². The smallest absolute Gasteiger partial charge is 0.228 e. The van der Waals surface area contributed by atoms with Crippen LogP contribution in [0.25, 0.3) is 0 Å². The van der Waals surface area contributed by atoms with Crippen molar-refractivity contribution in [2.45, 2.75) is 49.8 Å². The third-order valence-corrected chi connectivity index (χ3v) is 8.54. The van der Waals surface area contributed by atoms with Crippen LogP contribution in [-0.2, 0) is 28.9 Å². The van der Waals surface area contributed by atoms with Crippen LogP contribution >= 0.6 is 0 Å². The van der Waals surface area contributed by atoms with Crippen molar-refractivity contribution in [3.63, 3.8) is 0 Å². The van der Waals surface area contributed by atoms with Gasteiger partial charge in [0.25, 0.3) is 0 Å². The van der Waals surface area contributed by atoms with Gasteiger partial charge in [-0.3, -0.25) is 9.78 Å². The fourth-order valence-corrected chi connectivity index (χ4v) is 6.87. The van der Waals surface area contributed by atoms with E-state index in [0.717, 1.165) is 31.2 Å².